The average Bonchev–Trinajstić information content (AvgIpc) is 2.91. The Morgan fingerprint density at radius 1 is 1.14 bits per heavy atom. The van der Waals surface area contributed by atoms with Gasteiger partial charge in [0.25, 0.3) is 0 Å². The summed E-state index contributed by atoms with van der Waals surface area (Å²) in [5.41, 5.74) is 3.23. The maximum Gasteiger partial charge on any atom is 0.132 e. The SMILES string of the molecule is CCc1nc(Cc2nc3ccccc3s2)c(C)c(NC)n1. The number of hydrogen-bond donors (Lipinski definition) is 1. The minimum Gasteiger partial charge on any atom is -0.373 e. The van der Waals surface area contributed by atoms with Crippen LogP contribution in [0.25, 0.3) is 10.2 Å². The van der Waals surface area contributed by atoms with Gasteiger partial charge in [0.1, 0.15) is 11.6 Å². The predicted molar refractivity (Wildman–Crippen MR) is 88.1 cm³/mol. The first-order valence-corrected chi connectivity index (χ1v) is 7.91. The molecular weight excluding hydrogens is 280 g/mol. The maximum atomic E-state index is 4.70. The van der Waals surface area contributed by atoms with Crippen molar-refractivity contribution in [3.8, 4) is 0 Å². The van der Waals surface area contributed by atoms with Crippen molar-refractivity contribution in [2.45, 2.75) is 26.7 Å². The Bertz CT molecular complexity index is 746. The molecule has 0 saturated carbocycles. The third-order valence-electron chi connectivity index (χ3n) is 3.50. The third kappa shape index (κ3) is 2.74. The number of rotatable bonds is 4. The van der Waals surface area contributed by atoms with Gasteiger partial charge >= 0.3 is 0 Å². The Morgan fingerprint density at radius 3 is 2.67 bits per heavy atom. The van der Waals surface area contributed by atoms with Crippen LogP contribution in [0.15, 0.2) is 24.3 Å². The van der Waals surface area contributed by atoms with E-state index in [4.69, 9.17) is 4.98 Å². The van der Waals surface area contributed by atoms with E-state index in [1.54, 1.807) is 11.3 Å². The second-order valence-electron chi connectivity index (χ2n) is 4.92. The second kappa shape index (κ2) is 5.77. The molecule has 2 aromatic heterocycles. The van der Waals surface area contributed by atoms with Gasteiger partial charge in [0.2, 0.25) is 0 Å². The van der Waals surface area contributed by atoms with Crippen LogP contribution in [0.4, 0.5) is 5.82 Å². The highest BCUT2D eigenvalue weighted by molar-refractivity contribution is 7.18. The minimum absolute atomic E-state index is 0.759. The van der Waals surface area contributed by atoms with Gasteiger partial charge in [-0.05, 0) is 19.1 Å². The summed E-state index contributed by atoms with van der Waals surface area (Å²) in [7, 11) is 1.90. The first-order valence-electron chi connectivity index (χ1n) is 7.10. The predicted octanol–water partition coefficient (Wildman–Crippen LogP) is 3.59. The van der Waals surface area contributed by atoms with Gasteiger partial charge in [-0.15, -0.1) is 11.3 Å². The number of hydrogen-bond acceptors (Lipinski definition) is 5. The number of nitrogens with one attached hydrogen (secondary N) is 1. The lowest BCUT2D eigenvalue weighted by Crippen LogP contribution is -2.07. The largest absolute Gasteiger partial charge is 0.373 e. The van der Waals surface area contributed by atoms with Crippen molar-refractivity contribution in [3.63, 3.8) is 0 Å². The molecule has 0 amide bonds. The van der Waals surface area contributed by atoms with Crippen LogP contribution in [-0.4, -0.2) is 22.0 Å². The van der Waals surface area contributed by atoms with Crippen molar-refractivity contribution in [2.24, 2.45) is 0 Å². The van der Waals surface area contributed by atoms with E-state index in [1.807, 2.05) is 13.1 Å². The van der Waals surface area contributed by atoms with Gasteiger partial charge in [-0.3, -0.25) is 0 Å². The van der Waals surface area contributed by atoms with Gasteiger partial charge in [-0.2, -0.15) is 0 Å². The molecule has 0 aliphatic rings. The number of nitrogens with zero attached hydrogens (tertiary/aromatic N) is 3. The molecule has 0 spiro atoms. The summed E-state index contributed by atoms with van der Waals surface area (Å²) < 4.78 is 1.23. The number of fused-ring (bicyclic) bond motifs is 1. The number of thiazole rings is 1. The summed E-state index contributed by atoms with van der Waals surface area (Å²) in [5, 5.41) is 4.25. The Labute approximate surface area is 128 Å². The van der Waals surface area contributed by atoms with Crippen LogP contribution in [0.2, 0.25) is 0 Å². The van der Waals surface area contributed by atoms with Gasteiger partial charge in [0.05, 0.1) is 20.9 Å². The lowest BCUT2D eigenvalue weighted by atomic mass is 10.1. The summed E-state index contributed by atoms with van der Waals surface area (Å²) in [6.07, 6.45) is 1.59. The number of aryl methyl sites for hydroxylation is 1. The molecule has 108 valence electrons. The van der Waals surface area contributed by atoms with E-state index >= 15 is 0 Å². The second-order valence-corrected chi connectivity index (χ2v) is 6.03. The minimum atomic E-state index is 0.759. The van der Waals surface area contributed by atoms with E-state index in [0.717, 1.165) is 46.3 Å². The molecule has 0 saturated heterocycles. The highest BCUT2D eigenvalue weighted by Crippen LogP contribution is 2.25. The van der Waals surface area contributed by atoms with E-state index in [1.165, 1.54) is 4.70 Å². The molecule has 2 heterocycles. The van der Waals surface area contributed by atoms with Gasteiger partial charge < -0.3 is 5.32 Å². The van der Waals surface area contributed by atoms with Gasteiger partial charge in [0, 0.05) is 25.5 Å². The normalized spacial score (nSPS) is 11.0. The Hall–Kier alpha value is -2.01. The molecule has 1 N–H and O–H groups in total. The maximum absolute atomic E-state index is 4.70. The van der Waals surface area contributed by atoms with E-state index in [-0.39, 0.29) is 0 Å². The molecule has 4 nitrogen and oxygen atoms in total. The molecule has 3 aromatic rings. The van der Waals surface area contributed by atoms with Crippen molar-refractivity contribution >= 4 is 27.4 Å². The molecule has 0 aliphatic heterocycles. The van der Waals surface area contributed by atoms with Crippen molar-refractivity contribution in [1.29, 1.82) is 0 Å². The summed E-state index contributed by atoms with van der Waals surface area (Å²) in [4.78, 5) is 13.9. The molecule has 21 heavy (non-hydrogen) atoms. The molecular formula is C16H18N4S. The van der Waals surface area contributed by atoms with Crippen LogP contribution in [0, 0.1) is 6.92 Å². The third-order valence-corrected chi connectivity index (χ3v) is 4.54. The number of benzene rings is 1. The Balaban J connectivity index is 2.00. The molecule has 0 radical (unpaired) electrons. The number of anilines is 1. The fourth-order valence-electron chi connectivity index (χ4n) is 2.33. The van der Waals surface area contributed by atoms with E-state index in [0.29, 0.717) is 0 Å². The molecule has 5 heteroatoms. The molecule has 0 atom stereocenters. The fraction of sp³-hybridized carbons (Fsp3) is 0.312. The van der Waals surface area contributed by atoms with Crippen molar-refractivity contribution < 1.29 is 0 Å². The van der Waals surface area contributed by atoms with E-state index in [9.17, 15) is 0 Å². The lowest BCUT2D eigenvalue weighted by molar-refractivity contribution is 0.883. The summed E-state index contributed by atoms with van der Waals surface area (Å²) in [5.74, 6) is 1.79. The quantitative estimate of drug-likeness (QED) is 0.799. The average molecular weight is 298 g/mol. The Morgan fingerprint density at radius 2 is 1.95 bits per heavy atom. The molecule has 0 fully saturated rings. The van der Waals surface area contributed by atoms with Crippen LogP contribution in [0.5, 0.6) is 0 Å². The molecule has 0 bridgehead atoms. The van der Waals surface area contributed by atoms with Crippen LogP contribution in [0.1, 0.15) is 29.0 Å². The molecule has 3 rings (SSSR count). The fourth-order valence-corrected chi connectivity index (χ4v) is 3.30. The van der Waals surface area contributed by atoms with Gasteiger partial charge in [-0.1, -0.05) is 19.1 Å². The van der Waals surface area contributed by atoms with E-state index < -0.39 is 0 Å². The number of para-hydroxylation sites is 1. The van der Waals surface area contributed by atoms with Crippen LogP contribution in [0.3, 0.4) is 0 Å². The lowest BCUT2D eigenvalue weighted by Gasteiger charge is -2.10. The smallest absolute Gasteiger partial charge is 0.132 e. The molecule has 0 aliphatic carbocycles. The van der Waals surface area contributed by atoms with Crippen LogP contribution in [-0.2, 0) is 12.8 Å². The number of aromatic nitrogens is 3. The zero-order valence-corrected chi connectivity index (χ0v) is 13.3. The summed E-state index contributed by atoms with van der Waals surface area (Å²) in [6, 6.07) is 8.24. The van der Waals surface area contributed by atoms with Crippen LogP contribution < -0.4 is 5.32 Å². The van der Waals surface area contributed by atoms with Crippen molar-refractivity contribution in [1.82, 2.24) is 15.0 Å². The summed E-state index contributed by atoms with van der Waals surface area (Å²) in [6.45, 7) is 4.14. The van der Waals surface area contributed by atoms with Crippen LogP contribution >= 0.6 is 11.3 Å². The van der Waals surface area contributed by atoms with Gasteiger partial charge in [0.15, 0.2) is 0 Å². The highest BCUT2D eigenvalue weighted by atomic mass is 32.1. The van der Waals surface area contributed by atoms with Crippen molar-refractivity contribution in [3.05, 3.63) is 46.4 Å². The molecule has 1 aromatic carbocycles. The Kier molecular flexibility index (Phi) is 3.84. The molecule has 0 unspecified atom stereocenters. The topological polar surface area (TPSA) is 50.7 Å². The van der Waals surface area contributed by atoms with Gasteiger partial charge in [-0.25, -0.2) is 15.0 Å². The zero-order chi connectivity index (χ0) is 14.8. The van der Waals surface area contributed by atoms with Crippen molar-refractivity contribution in [2.75, 3.05) is 12.4 Å². The van der Waals surface area contributed by atoms with E-state index in [2.05, 4.69) is 47.3 Å². The first kappa shape index (κ1) is 13.9. The standard InChI is InChI=1S/C16H18N4S/c1-4-14-18-12(10(2)16(17-3)20-14)9-15-19-11-7-5-6-8-13(11)21-15/h5-8H,4,9H2,1-3H3,(H,17,18,20). The summed E-state index contributed by atoms with van der Waals surface area (Å²) >= 11 is 1.74. The highest BCUT2D eigenvalue weighted by Gasteiger charge is 2.12. The first-order chi connectivity index (χ1) is 10.2. The zero-order valence-electron chi connectivity index (χ0n) is 12.5. The monoisotopic (exact) mass is 298 g/mol.